The number of likely N-dealkylation sites (N-methyl/N-ethyl adjacent to an activating group) is 1. The minimum absolute atomic E-state index is 0.0585. The largest absolute Gasteiger partial charge is 0.481 e. The Balaban J connectivity index is 1.68. The Morgan fingerprint density at radius 1 is 1.30 bits per heavy atom. The van der Waals surface area contributed by atoms with Crippen LogP contribution in [0.15, 0.2) is 29.6 Å². The van der Waals surface area contributed by atoms with E-state index in [2.05, 4.69) is 4.98 Å². The van der Waals surface area contributed by atoms with E-state index in [0.29, 0.717) is 42.3 Å². The highest BCUT2D eigenvalue weighted by molar-refractivity contribution is 7.98. The van der Waals surface area contributed by atoms with Gasteiger partial charge in [-0.1, -0.05) is 17.8 Å². The van der Waals surface area contributed by atoms with Crippen LogP contribution in [0.25, 0.3) is 5.52 Å². The number of carboxylic acid groups (broad SMARTS) is 1. The van der Waals surface area contributed by atoms with Gasteiger partial charge in [0.1, 0.15) is 0 Å². The van der Waals surface area contributed by atoms with Crippen molar-refractivity contribution < 1.29 is 19.5 Å². The molecule has 144 valence electrons. The molecule has 2 aromatic rings. The zero-order chi connectivity index (χ0) is 19.6. The van der Waals surface area contributed by atoms with Crippen molar-refractivity contribution in [2.45, 2.75) is 18.0 Å². The van der Waals surface area contributed by atoms with Gasteiger partial charge < -0.3 is 14.9 Å². The van der Waals surface area contributed by atoms with Gasteiger partial charge in [-0.05, 0) is 31.2 Å². The number of hydrogen-bond donors (Lipinski definition) is 1. The first kappa shape index (κ1) is 19.2. The number of hydrogen-bond acceptors (Lipinski definition) is 5. The molecule has 3 heterocycles. The van der Waals surface area contributed by atoms with Crippen molar-refractivity contribution in [2.24, 2.45) is 5.92 Å². The Morgan fingerprint density at radius 3 is 2.63 bits per heavy atom. The summed E-state index contributed by atoms with van der Waals surface area (Å²) in [5.41, 5.74) is 1.02. The molecular formula is C18H22N4O4S. The van der Waals surface area contributed by atoms with E-state index in [0.717, 1.165) is 0 Å². The molecule has 3 rings (SSSR count). The number of nitrogens with zero attached hydrogens (tertiary/aromatic N) is 4. The predicted octanol–water partition coefficient (Wildman–Crippen LogP) is 1.45. The topological polar surface area (TPSA) is 95.2 Å². The van der Waals surface area contributed by atoms with Crippen LogP contribution in [0.4, 0.5) is 0 Å². The highest BCUT2D eigenvalue weighted by Gasteiger charge is 2.29. The number of carbonyl (C=O) groups is 3. The van der Waals surface area contributed by atoms with Gasteiger partial charge in [0.05, 0.1) is 18.0 Å². The standard InChI is InChI=1S/C18H22N4O4S/c1-20(11-14(23)21-9-6-12(7-10-21)17(25)26)16(24)15-13-5-3-4-8-22(13)18(19-15)27-2/h3-5,8,12H,6-7,9-11H2,1-2H3,(H,25,26). The second kappa shape index (κ2) is 7.99. The summed E-state index contributed by atoms with van der Waals surface area (Å²) in [7, 11) is 1.58. The fourth-order valence-electron chi connectivity index (χ4n) is 3.24. The molecular weight excluding hydrogens is 368 g/mol. The Labute approximate surface area is 161 Å². The van der Waals surface area contributed by atoms with E-state index in [-0.39, 0.29) is 18.4 Å². The first-order valence-corrected chi connectivity index (χ1v) is 9.92. The third-order valence-electron chi connectivity index (χ3n) is 4.82. The molecule has 1 saturated heterocycles. The lowest BCUT2D eigenvalue weighted by atomic mass is 9.97. The van der Waals surface area contributed by atoms with Gasteiger partial charge in [0.25, 0.3) is 5.91 Å². The smallest absolute Gasteiger partial charge is 0.306 e. The molecule has 0 atom stereocenters. The molecule has 9 heteroatoms. The lowest BCUT2D eigenvalue weighted by molar-refractivity contribution is -0.145. The summed E-state index contributed by atoms with van der Waals surface area (Å²) in [6, 6.07) is 5.54. The molecule has 2 amide bonds. The van der Waals surface area contributed by atoms with Gasteiger partial charge in [0, 0.05) is 26.3 Å². The molecule has 1 aliphatic heterocycles. The van der Waals surface area contributed by atoms with Crippen LogP contribution in [0, 0.1) is 5.92 Å². The van der Waals surface area contributed by atoms with Crippen molar-refractivity contribution in [3.8, 4) is 0 Å². The molecule has 1 fully saturated rings. The SMILES string of the molecule is CSc1nc(C(=O)N(C)CC(=O)N2CCC(C(=O)O)CC2)c2ccccn12. The second-order valence-corrected chi connectivity index (χ2v) is 7.33. The molecule has 8 nitrogen and oxygen atoms in total. The van der Waals surface area contributed by atoms with Crippen molar-refractivity contribution in [2.75, 3.05) is 32.9 Å². The summed E-state index contributed by atoms with van der Waals surface area (Å²) in [6.07, 6.45) is 4.63. The number of pyridine rings is 1. The van der Waals surface area contributed by atoms with Crippen molar-refractivity contribution in [1.29, 1.82) is 0 Å². The van der Waals surface area contributed by atoms with Crippen LogP contribution in [0.5, 0.6) is 0 Å². The molecule has 0 unspecified atom stereocenters. The third kappa shape index (κ3) is 3.92. The van der Waals surface area contributed by atoms with Gasteiger partial charge in [-0.25, -0.2) is 4.98 Å². The molecule has 0 spiro atoms. The minimum Gasteiger partial charge on any atom is -0.481 e. The molecule has 0 bridgehead atoms. The number of carboxylic acids is 1. The highest BCUT2D eigenvalue weighted by atomic mass is 32.2. The number of imidazole rings is 1. The molecule has 0 aromatic carbocycles. The zero-order valence-electron chi connectivity index (χ0n) is 15.3. The Morgan fingerprint density at radius 2 is 2.00 bits per heavy atom. The van der Waals surface area contributed by atoms with E-state index >= 15 is 0 Å². The average molecular weight is 390 g/mol. The van der Waals surface area contributed by atoms with Crippen LogP contribution in [-0.4, -0.2) is 75.0 Å². The number of rotatable bonds is 5. The molecule has 2 aromatic heterocycles. The predicted molar refractivity (Wildman–Crippen MR) is 101 cm³/mol. The summed E-state index contributed by atoms with van der Waals surface area (Å²) in [4.78, 5) is 43.8. The molecule has 0 aliphatic carbocycles. The Hall–Kier alpha value is -2.55. The summed E-state index contributed by atoms with van der Waals surface area (Å²) in [6.45, 7) is 0.751. The van der Waals surface area contributed by atoms with Crippen LogP contribution >= 0.6 is 11.8 Å². The zero-order valence-corrected chi connectivity index (χ0v) is 16.1. The van der Waals surface area contributed by atoms with Crippen LogP contribution in [0.2, 0.25) is 0 Å². The number of piperidine rings is 1. The van der Waals surface area contributed by atoms with Gasteiger partial charge >= 0.3 is 5.97 Å². The maximum absolute atomic E-state index is 12.8. The van der Waals surface area contributed by atoms with E-state index in [1.807, 2.05) is 35.1 Å². The van der Waals surface area contributed by atoms with Crippen molar-refractivity contribution in [3.63, 3.8) is 0 Å². The molecule has 0 saturated carbocycles. The van der Waals surface area contributed by atoms with E-state index in [9.17, 15) is 14.4 Å². The molecule has 27 heavy (non-hydrogen) atoms. The number of likely N-dealkylation sites (tertiary alicyclic amines) is 1. The van der Waals surface area contributed by atoms with Gasteiger partial charge in [0.2, 0.25) is 5.91 Å². The monoisotopic (exact) mass is 390 g/mol. The number of amides is 2. The quantitative estimate of drug-likeness (QED) is 0.777. The number of aromatic nitrogens is 2. The number of fused-ring (bicyclic) bond motifs is 1. The number of thioether (sulfide) groups is 1. The average Bonchev–Trinajstić information content (AvgIpc) is 3.06. The van der Waals surface area contributed by atoms with Gasteiger partial charge in [0.15, 0.2) is 10.9 Å². The van der Waals surface area contributed by atoms with Gasteiger partial charge in [-0.3, -0.25) is 18.8 Å². The molecule has 1 aliphatic rings. The van der Waals surface area contributed by atoms with Crippen molar-refractivity contribution >= 4 is 35.1 Å². The third-order valence-corrected chi connectivity index (χ3v) is 5.47. The fourth-order valence-corrected chi connectivity index (χ4v) is 3.78. The fraction of sp³-hybridized carbons (Fsp3) is 0.444. The Bertz CT molecular complexity index is 873. The highest BCUT2D eigenvalue weighted by Crippen LogP contribution is 2.21. The number of aliphatic carboxylic acids is 1. The summed E-state index contributed by atoms with van der Waals surface area (Å²) >= 11 is 1.45. The summed E-state index contributed by atoms with van der Waals surface area (Å²) < 4.78 is 1.85. The van der Waals surface area contributed by atoms with Gasteiger partial charge in [-0.15, -0.1) is 0 Å². The van der Waals surface area contributed by atoms with Crippen LogP contribution < -0.4 is 0 Å². The summed E-state index contributed by atoms with van der Waals surface area (Å²) in [5, 5.41) is 9.76. The maximum Gasteiger partial charge on any atom is 0.306 e. The molecule has 0 radical (unpaired) electrons. The van der Waals surface area contributed by atoms with E-state index in [1.54, 1.807) is 11.9 Å². The van der Waals surface area contributed by atoms with E-state index < -0.39 is 11.9 Å². The van der Waals surface area contributed by atoms with Crippen LogP contribution in [0.3, 0.4) is 0 Å². The van der Waals surface area contributed by atoms with Crippen molar-refractivity contribution in [1.82, 2.24) is 19.2 Å². The normalized spacial score (nSPS) is 15.1. The van der Waals surface area contributed by atoms with Gasteiger partial charge in [-0.2, -0.15) is 0 Å². The van der Waals surface area contributed by atoms with E-state index in [4.69, 9.17) is 5.11 Å². The Kier molecular flexibility index (Phi) is 5.69. The first-order valence-electron chi connectivity index (χ1n) is 8.69. The van der Waals surface area contributed by atoms with E-state index in [1.165, 1.54) is 16.7 Å². The second-order valence-electron chi connectivity index (χ2n) is 6.56. The molecule has 1 N–H and O–H groups in total. The van der Waals surface area contributed by atoms with Crippen LogP contribution in [-0.2, 0) is 9.59 Å². The maximum atomic E-state index is 12.8. The summed E-state index contributed by atoms with van der Waals surface area (Å²) in [5.74, 6) is -1.70. The minimum atomic E-state index is -0.814. The lowest BCUT2D eigenvalue weighted by Crippen LogP contribution is -2.45. The first-order chi connectivity index (χ1) is 12.9. The lowest BCUT2D eigenvalue weighted by Gasteiger charge is -2.31. The number of carbonyl (C=O) groups excluding carboxylic acids is 2. The van der Waals surface area contributed by atoms with Crippen molar-refractivity contribution in [3.05, 3.63) is 30.1 Å². The van der Waals surface area contributed by atoms with Crippen LogP contribution in [0.1, 0.15) is 23.3 Å².